The van der Waals surface area contributed by atoms with Gasteiger partial charge in [-0.3, -0.25) is 0 Å². The number of anilines is 3. The summed E-state index contributed by atoms with van der Waals surface area (Å²) < 4.78 is 0. The second kappa shape index (κ2) is 13.6. The van der Waals surface area contributed by atoms with Gasteiger partial charge >= 0.3 is 0 Å². The van der Waals surface area contributed by atoms with E-state index >= 15 is 0 Å². The molecule has 3 aromatic rings. The highest BCUT2D eigenvalue weighted by Gasteiger charge is 2.68. The van der Waals surface area contributed by atoms with Gasteiger partial charge in [0.05, 0.1) is 12.1 Å². The normalized spacial score (nSPS) is 36.0. The van der Waals surface area contributed by atoms with Gasteiger partial charge in [0.1, 0.15) is 0 Å². The molecule has 300 valence electrons. The number of para-hydroxylation sites is 2. The summed E-state index contributed by atoms with van der Waals surface area (Å²) in [5, 5.41) is 0. The standard InChI is InChI=1S/C58H58N2/c1-57(2)49-35-41(59(37-19-9-5-10-20-37)38-21-11-6-12-22-38)31-33-43(49)53-45-27-18-30-48-52(45)51-46(28-17-29-47(51)55(53)57)54-44-34-32-42(36-50(44)58(3,4)56(48)54)60(39-23-13-7-14-24-39)40-25-15-8-16-26-40/h5-21,23-25,27-36,38,40,43,45,47,49,51-56H,22,26H2,1-4H3. The average Bonchev–Trinajstić information content (AvgIpc) is 3.67. The summed E-state index contributed by atoms with van der Waals surface area (Å²) in [7, 11) is 0. The lowest BCUT2D eigenvalue weighted by molar-refractivity contribution is -0.000475. The van der Waals surface area contributed by atoms with Crippen LogP contribution in [-0.4, -0.2) is 12.1 Å². The van der Waals surface area contributed by atoms with Crippen LogP contribution in [0.2, 0.25) is 0 Å². The zero-order valence-corrected chi connectivity index (χ0v) is 35.6. The van der Waals surface area contributed by atoms with Gasteiger partial charge in [-0.25, -0.2) is 0 Å². The highest BCUT2D eigenvalue weighted by molar-refractivity contribution is 5.70. The lowest BCUT2D eigenvalue weighted by Crippen LogP contribution is -2.54. The Morgan fingerprint density at radius 3 is 1.88 bits per heavy atom. The largest absolute Gasteiger partial charge is 0.335 e. The number of rotatable bonds is 6. The molecule has 0 heterocycles. The van der Waals surface area contributed by atoms with Crippen LogP contribution >= 0.6 is 0 Å². The lowest BCUT2D eigenvalue weighted by atomic mass is 9.43. The van der Waals surface area contributed by atoms with Gasteiger partial charge in [-0.15, -0.1) is 0 Å². The molecular formula is C58H58N2. The second-order valence-corrected chi connectivity index (χ2v) is 20.4. The van der Waals surface area contributed by atoms with Crippen LogP contribution in [0.1, 0.15) is 57.6 Å². The van der Waals surface area contributed by atoms with Gasteiger partial charge in [0.2, 0.25) is 0 Å². The predicted molar refractivity (Wildman–Crippen MR) is 250 cm³/mol. The Hall–Kier alpha value is -5.34. The van der Waals surface area contributed by atoms with Crippen LogP contribution < -0.4 is 9.80 Å². The third-order valence-electron chi connectivity index (χ3n) is 17.0. The van der Waals surface area contributed by atoms with Crippen molar-refractivity contribution in [3.05, 3.63) is 210 Å². The van der Waals surface area contributed by atoms with Gasteiger partial charge in [0.25, 0.3) is 0 Å². The van der Waals surface area contributed by atoms with Crippen molar-refractivity contribution in [2.45, 2.75) is 64.0 Å². The number of allylic oxidation sites excluding steroid dienone is 15. The van der Waals surface area contributed by atoms with Gasteiger partial charge in [-0.1, -0.05) is 179 Å². The third-order valence-corrected chi connectivity index (χ3v) is 17.0. The summed E-state index contributed by atoms with van der Waals surface area (Å²) in [5.41, 5.74) is 11.9. The first-order valence-electron chi connectivity index (χ1n) is 23.0. The van der Waals surface area contributed by atoms with Crippen molar-refractivity contribution in [1.82, 2.24) is 0 Å². The Labute approximate surface area is 358 Å². The van der Waals surface area contributed by atoms with E-state index < -0.39 is 0 Å². The first-order valence-corrected chi connectivity index (χ1v) is 23.0. The molecular weight excluding hydrogens is 725 g/mol. The van der Waals surface area contributed by atoms with Crippen molar-refractivity contribution in [2.75, 3.05) is 9.80 Å². The molecule has 12 rings (SSSR count). The van der Waals surface area contributed by atoms with E-state index in [0.717, 1.165) is 12.8 Å². The first kappa shape index (κ1) is 36.5. The van der Waals surface area contributed by atoms with Crippen LogP contribution in [-0.2, 0) is 5.41 Å². The fourth-order valence-corrected chi connectivity index (χ4v) is 14.9. The maximum atomic E-state index is 2.72. The van der Waals surface area contributed by atoms with Crippen LogP contribution in [0.4, 0.5) is 17.1 Å². The first-order chi connectivity index (χ1) is 29.3. The van der Waals surface area contributed by atoms with E-state index in [4.69, 9.17) is 0 Å². The molecule has 12 unspecified atom stereocenters. The molecule has 2 heteroatoms. The van der Waals surface area contributed by atoms with E-state index in [2.05, 4.69) is 220 Å². The highest BCUT2D eigenvalue weighted by Crippen LogP contribution is 2.74. The SMILES string of the molecule is CC1(C)c2cc(N(c3ccccc3)C3C=CC=CC3)ccc2C2C3=CC=CC4C3C3C(=CC=CC3C3C5C=CC(N(c6ccccc6)C6C=CC=CC6)=CC5C(C)(C)C43)C21. The minimum absolute atomic E-state index is 0.00886. The Balaban J connectivity index is 0.941. The number of benzene rings is 3. The van der Waals surface area contributed by atoms with Crippen molar-refractivity contribution in [1.29, 1.82) is 0 Å². The number of hydrogen-bond donors (Lipinski definition) is 0. The van der Waals surface area contributed by atoms with Gasteiger partial charge in [-0.05, 0) is 125 Å². The van der Waals surface area contributed by atoms with Gasteiger partial charge in [-0.2, -0.15) is 0 Å². The Kier molecular flexibility index (Phi) is 8.27. The molecule has 0 radical (unpaired) electrons. The maximum absolute atomic E-state index is 2.72. The zero-order valence-electron chi connectivity index (χ0n) is 35.6. The molecule has 2 nitrogen and oxygen atoms in total. The monoisotopic (exact) mass is 782 g/mol. The molecule has 0 aliphatic heterocycles. The number of hydrogen-bond acceptors (Lipinski definition) is 2. The molecule has 0 spiro atoms. The average molecular weight is 783 g/mol. The minimum Gasteiger partial charge on any atom is -0.335 e. The van der Waals surface area contributed by atoms with Crippen LogP contribution in [0, 0.1) is 58.7 Å². The van der Waals surface area contributed by atoms with E-state index in [-0.39, 0.29) is 16.9 Å². The topological polar surface area (TPSA) is 6.48 Å². The summed E-state index contributed by atoms with van der Waals surface area (Å²) in [6.45, 7) is 10.4. The van der Waals surface area contributed by atoms with Crippen molar-refractivity contribution >= 4 is 17.1 Å². The molecule has 0 saturated heterocycles. The smallest absolute Gasteiger partial charge is 0.0559 e. The molecule has 3 aromatic carbocycles. The van der Waals surface area contributed by atoms with E-state index in [1.807, 2.05) is 0 Å². The Morgan fingerprint density at radius 2 is 1.20 bits per heavy atom. The van der Waals surface area contributed by atoms with Crippen LogP contribution in [0.25, 0.3) is 0 Å². The van der Waals surface area contributed by atoms with Gasteiger partial charge in [0.15, 0.2) is 0 Å². The van der Waals surface area contributed by atoms with Crippen molar-refractivity contribution < 1.29 is 0 Å². The van der Waals surface area contributed by atoms with Crippen LogP contribution in [0.15, 0.2) is 199 Å². The van der Waals surface area contributed by atoms with Crippen molar-refractivity contribution in [3.63, 3.8) is 0 Å². The van der Waals surface area contributed by atoms with E-state index in [0.29, 0.717) is 65.2 Å². The fraction of sp³-hybridized carbons (Fsp3) is 0.345. The summed E-state index contributed by atoms with van der Waals surface area (Å²) in [6.07, 6.45) is 43.7. The number of nitrogens with zero attached hydrogens (tertiary/aromatic N) is 2. The molecule has 0 aromatic heterocycles. The molecule has 0 amide bonds. The molecule has 3 saturated carbocycles. The van der Waals surface area contributed by atoms with E-state index in [9.17, 15) is 0 Å². The zero-order chi connectivity index (χ0) is 40.3. The molecule has 9 aliphatic carbocycles. The van der Waals surface area contributed by atoms with Crippen molar-refractivity contribution in [2.24, 2.45) is 58.7 Å². The highest BCUT2D eigenvalue weighted by atomic mass is 15.2. The molecule has 3 fully saturated rings. The molecule has 12 atom stereocenters. The molecule has 60 heavy (non-hydrogen) atoms. The Morgan fingerprint density at radius 1 is 0.567 bits per heavy atom. The maximum Gasteiger partial charge on any atom is 0.0559 e. The van der Waals surface area contributed by atoms with Crippen molar-refractivity contribution in [3.8, 4) is 0 Å². The van der Waals surface area contributed by atoms with Crippen LogP contribution in [0.5, 0.6) is 0 Å². The third kappa shape index (κ3) is 5.18. The lowest BCUT2D eigenvalue weighted by Gasteiger charge is -2.60. The molecule has 0 bridgehead atoms. The second-order valence-electron chi connectivity index (χ2n) is 20.4. The predicted octanol–water partition coefficient (Wildman–Crippen LogP) is 13.5. The summed E-state index contributed by atoms with van der Waals surface area (Å²) in [4.78, 5) is 5.19. The van der Waals surface area contributed by atoms with Gasteiger partial charge in [0, 0.05) is 34.6 Å². The minimum atomic E-state index is -0.00886. The van der Waals surface area contributed by atoms with E-state index in [1.165, 1.54) is 22.8 Å². The fourth-order valence-electron chi connectivity index (χ4n) is 14.9. The van der Waals surface area contributed by atoms with Crippen LogP contribution in [0.3, 0.4) is 0 Å². The molecule has 0 N–H and O–H groups in total. The van der Waals surface area contributed by atoms with Gasteiger partial charge < -0.3 is 9.80 Å². The summed E-state index contributed by atoms with van der Waals surface area (Å²) >= 11 is 0. The van der Waals surface area contributed by atoms with E-state index in [1.54, 1.807) is 22.3 Å². The molecule has 9 aliphatic rings. The summed E-state index contributed by atoms with van der Waals surface area (Å²) in [5.74, 6) is 5.19. The summed E-state index contributed by atoms with van der Waals surface area (Å²) in [6, 6.07) is 30.4. The Bertz CT molecular complexity index is 2530. The number of fused-ring (bicyclic) bond motifs is 10. The quantitative estimate of drug-likeness (QED) is 0.246.